The van der Waals surface area contributed by atoms with E-state index in [0.717, 1.165) is 11.1 Å². The first-order chi connectivity index (χ1) is 41.0. The number of amides is 4. The minimum atomic E-state index is -0.951. The van der Waals surface area contributed by atoms with Crippen LogP contribution in [0.1, 0.15) is 99.2 Å². The number of ether oxygens (including phenoxy) is 2. The molecule has 0 bridgehead atoms. The molecule has 450 valence electrons. The van der Waals surface area contributed by atoms with Crippen molar-refractivity contribution in [2.24, 2.45) is 0 Å². The summed E-state index contributed by atoms with van der Waals surface area (Å²) >= 11 is 25.3. The average molecular weight is 1250 g/mol. The number of hydrogen-bond donors (Lipinski definition) is 6. The van der Waals surface area contributed by atoms with E-state index in [1.165, 1.54) is 0 Å². The number of benzene rings is 4. The van der Waals surface area contributed by atoms with Gasteiger partial charge in [0, 0.05) is 92.2 Å². The zero-order chi connectivity index (χ0) is 62.0. The summed E-state index contributed by atoms with van der Waals surface area (Å²) in [6.07, 6.45) is 1.81. The van der Waals surface area contributed by atoms with E-state index in [2.05, 4.69) is 54.9 Å². The molecule has 0 radical (unpaired) electrons. The average Bonchev–Trinajstić information content (AvgIpc) is 1.79. The third-order valence-corrected chi connectivity index (χ3v) is 16.7. The van der Waals surface area contributed by atoms with Crippen LogP contribution in [0.4, 0.5) is 11.4 Å². The van der Waals surface area contributed by atoms with E-state index in [4.69, 9.17) is 55.9 Å². The van der Waals surface area contributed by atoms with Crippen LogP contribution in [-0.2, 0) is 55.7 Å². The van der Waals surface area contributed by atoms with Gasteiger partial charge in [0.2, 0.25) is 23.6 Å². The second kappa shape index (κ2) is 28.3. The summed E-state index contributed by atoms with van der Waals surface area (Å²) in [4.78, 5) is 92.8. The first-order valence-electron chi connectivity index (χ1n) is 28.4. The summed E-state index contributed by atoms with van der Waals surface area (Å²) in [5.41, 5.74) is 4.47. The number of anilines is 2. The molecule has 0 saturated heterocycles. The number of carbonyl (C=O) groups excluding carboxylic acids is 4. The summed E-state index contributed by atoms with van der Waals surface area (Å²) in [5, 5.41) is 13.9. The highest BCUT2D eigenvalue weighted by atomic mass is 35.5. The number of nitrogens with zero attached hydrogens (tertiary/aromatic N) is 2. The number of hydrogen-bond acceptors (Lipinski definition) is 10. The number of pyridine rings is 2. The summed E-state index contributed by atoms with van der Waals surface area (Å²) in [6, 6.07) is 25.2. The fourth-order valence-corrected chi connectivity index (χ4v) is 11.7. The SMILES string of the molecule is CC[C@H](NC)C(=O)N[C@@H](Cc1ccc(OCC#CC#CCOc2ccc(C[C@H](NC(=O)[C@H](CC)NC)C(=O)N3CC(C)(C)c4[nH]c(=O)c(Cc5ccc(Cl)cc5Cl)cc43)cc2)cc1)C(=O)N1CC(C)(C)c2[nH]c(=O)c(Cc3ccc(Cl)cc3Cl)cc21. The number of rotatable bonds is 22. The zero-order valence-corrected chi connectivity index (χ0v) is 52.3. The van der Waals surface area contributed by atoms with Gasteiger partial charge in [0.25, 0.3) is 11.1 Å². The van der Waals surface area contributed by atoms with Crippen molar-refractivity contribution in [3.05, 3.63) is 183 Å². The molecule has 16 nitrogen and oxygen atoms in total. The molecule has 0 aliphatic carbocycles. The van der Waals surface area contributed by atoms with E-state index in [0.29, 0.717) is 89.4 Å². The smallest absolute Gasteiger partial charge is 0.251 e. The first kappa shape index (κ1) is 64.5. The Morgan fingerprint density at radius 3 is 1.26 bits per heavy atom. The predicted molar refractivity (Wildman–Crippen MR) is 340 cm³/mol. The molecule has 2 aliphatic heterocycles. The maximum atomic E-state index is 14.7. The van der Waals surface area contributed by atoms with Crippen LogP contribution in [0.2, 0.25) is 20.1 Å². The molecule has 6 aromatic rings. The molecule has 86 heavy (non-hydrogen) atoms. The molecule has 2 aliphatic rings. The maximum Gasteiger partial charge on any atom is 0.251 e. The van der Waals surface area contributed by atoms with E-state index in [1.54, 1.807) is 96.7 Å². The molecule has 20 heteroatoms. The number of aromatic nitrogens is 2. The third-order valence-electron chi connectivity index (χ3n) is 15.5. The van der Waals surface area contributed by atoms with Crippen molar-refractivity contribution < 1.29 is 28.7 Å². The lowest BCUT2D eigenvalue weighted by Gasteiger charge is -2.27. The Hall–Kier alpha value is -7.54. The van der Waals surface area contributed by atoms with E-state index in [1.807, 2.05) is 65.8 Å². The summed E-state index contributed by atoms with van der Waals surface area (Å²) in [5.74, 6) is 11.2. The highest BCUT2D eigenvalue weighted by Gasteiger charge is 2.44. The summed E-state index contributed by atoms with van der Waals surface area (Å²) in [7, 11) is 3.40. The van der Waals surface area contributed by atoms with Gasteiger partial charge in [0.1, 0.15) is 36.8 Å². The van der Waals surface area contributed by atoms with Crippen molar-refractivity contribution in [1.29, 1.82) is 0 Å². The van der Waals surface area contributed by atoms with Crippen LogP contribution in [0.15, 0.2) is 107 Å². The van der Waals surface area contributed by atoms with Crippen LogP contribution >= 0.6 is 46.4 Å². The van der Waals surface area contributed by atoms with Gasteiger partial charge >= 0.3 is 0 Å². The van der Waals surface area contributed by atoms with Gasteiger partial charge in [-0.15, -0.1) is 0 Å². The predicted octanol–water partition coefficient (Wildman–Crippen LogP) is 9.02. The molecule has 4 heterocycles. The number of H-pyrrole nitrogens is 2. The minimum absolute atomic E-state index is 0.0502. The van der Waals surface area contributed by atoms with Crippen molar-refractivity contribution >= 4 is 81.4 Å². The molecule has 2 aromatic heterocycles. The Labute approximate surface area is 521 Å². The van der Waals surface area contributed by atoms with Crippen molar-refractivity contribution in [3.8, 4) is 35.2 Å². The Morgan fingerprint density at radius 1 is 0.547 bits per heavy atom. The van der Waals surface area contributed by atoms with E-state index in [-0.39, 0.29) is 86.7 Å². The van der Waals surface area contributed by atoms with Crippen LogP contribution in [0, 0.1) is 23.7 Å². The van der Waals surface area contributed by atoms with E-state index < -0.39 is 35.0 Å². The molecular weight excluding hydrogens is 1170 g/mol. The Balaban J connectivity index is 0.873. The van der Waals surface area contributed by atoms with Gasteiger partial charge in [0.15, 0.2) is 0 Å². The largest absolute Gasteiger partial charge is 0.481 e. The normalized spacial score (nSPS) is 14.9. The van der Waals surface area contributed by atoms with Crippen LogP contribution in [-0.4, -0.2) is 98.2 Å². The fraction of sp³-hybridized carbons (Fsp3) is 0.364. The number of fused-ring (bicyclic) bond motifs is 2. The number of likely N-dealkylation sites (N-methyl/N-ethyl adjacent to an activating group) is 2. The third kappa shape index (κ3) is 15.5. The molecule has 0 fully saturated rings. The molecule has 0 unspecified atom stereocenters. The lowest BCUT2D eigenvalue weighted by molar-refractivity contribution is -0.128. The van der Waals surface area contributed by atoms with Gasteiger partial charge in [-0.25, -0.2) is 0 Å². The lowest BCUT2D eigenvalue weighted by Crippen LogP contribution is -2.54. The highest BCUT2D eigenvalue weighted by Crippen LogP contribution is 2.41. The summed E-state index contributed by atoms with van der Waals surface area (Å²) in [6.45, 7) is 12.3. The minimum Gasteiger partial charge on any atom is -0.481 e. The number of halogens is 4. The van der Waals surface area contributed by atoms with Crippen LogP contribution in [0.3, 0.4) is 0 Å². The second-order valence-electron chi connectivity index (χ2n) is 22.7. The monoisotopic (exact) mass is 1240 g/mol. The molecule has 4 aromatic carbocycles. The first-order valence-corrected chi connectivity index (χ1v) is 29.9. The van der Waals surface area contributed by atoms with Crippen molar-refractivity contribution in [2.75, 3.05) is 50.2 Å². The topological polar surface area (TPSA) is 207 Å². The summed E-state index contributed by atoms with van der Waals surface area (Å²) < 4.78 is 11.8. The molecule has 4 atom stereocenters. The van der Waals surface area contributed by atoms with Gasteiger partial charge < -0.3 is 50.5 Å². The Bertz CT molecular complexity index is 3520. The van der Waals surface area contributed by atoms with Gasteiger partial charge in [-0.3, -0.25) is 28.8 Å². The van der Waals surface area contributed by atoms with Crippen molar-refractivity contribution in [3.63, 3.8) is 0 Å². The Morgan fingerprint density at radius 2 is 0.919 bits per heavy atom. The molecule has 0 spiro atoms. The highest BCUT2D eigenvalue weighted by molar-refractivity contribution is 6.35. The molecule has 6 N–H and O–H groups in total. The van der Waals surface area contributed by atoms with Gasteiger partial charge in [-0.05, 0) is 134 Å². The fourth-order valence-electron chi connectivity index (χ4n) is 10.8. The van der Waals surface area contributed by atoms with Crippen molar-refractivity contribution in [1.82, 2.24) is 31.2 Å². The standard InChI is InChI=1S/C66H70Cl4N8O8/c1-9-51(71-7)61(81)73-53(63(83)77-37-65(3,4)57-55(77)33-43(59(79)75-57)31-41-19-21-45(67)35-49(41)69)29-39-15-23-47(24-16-39)85-27-13-11-12-14-28-86-48-25-17-40(18-26-48)30-54(74-62(82)52(10-2)72-8)64(84)78-38-66(5,6)58-56(78)34-44(60(80)76-58)32-42-20-22-46(68)36-50(42)70/h15-26,33-36,51-54,71-72H,9-10,27-32,37-38H2,1-8H3,(H,73,81)(H,74,82)(H,75,79)(H,76,80)/t51-,52-,53-,54-/m0/s1. The van der Waals surface area contributed by atoms with Crippen LogP contribution in [0.5, 0.6) is 11.5 Å². The lowest BCUT2D eigenvalue weighted by atomic mass is 9.91. The van der Waals surface area contributed by atoms with Gasteiger partial charge in [-0.2, -0.15) is 0 Å². The molecular formula is C66H70Cl4N8O8. The Kier molecular flexibility index (Phi) is 21.2. The zero-order valence-electron chi connectivity index (χ0n) is 49.3. The van der Waals surface area contributed by atoms with E-state index in [9.17, 15) is 28.8 Å². The van der Waals surface area contributed by atoms with Gasteiger partial charge in [0.05, 0.1) is 23.5 Å². The molecule has 4 amide bonds. The van der Waals surface area contributed by atoms with Crippen LogP contribution < -0.4 is 51.7 Å². The number of carbonyl (C=O) groups is 4. The second-order valence-corrected chi connectivity index (χ2v) is 24.4. The van der Waals surface area contributed by atoms with Crippen LogP contribution in [0.25, 0.3) is 0 Å². The van der Waals surface area contributed by atoms with Crippen molar-refractivity contribution in [2.45, 2.75) is 115 Å². The quantitative estimate of drug-likeness (QED) is 0.0356. The van der Waals surface area contributed by atoms with E-state index >= 15 is 0 Å². The maximum absolute atomic E-state index is 14.7. The van der Waals surface area contributed by atoms with Gasteiger partial charge in [-0.1, -0.05) is 124 Å². The molecule has 0 saturated carbocycles. The molecule has 8 rings (SSSR count). The number of nitrogens with one attached hydrogen (secondary N) is 6. The number of aromatic amines is 2.